The van der Waals surface area contributed by atoms with Crippen molar-refractivity contribution in [3.63, 3.8) is 0 Å². The van der Waals surface area contributed by atoms with Crippen LogP contribution >= 0.6 is 11.6 Å². The van der Waals surface area contributed by atoms with Gasteiger partial charge in [-0.25, -0.2) is 0 Å². The summed E-state index contributed by atoms with van der Waals surface area (Å²) in [5.41, 5.74) is 0.104. The second-order valence-corrected chi connectivity index (χ2v) is 6.11. The van der Waals surface area contributed by atoms with Crippen molar-refractivity contribution in [1.82, 2.24) is 5.32 Å². The molecule has 0 radical (unpaired) electrons. The molecule has 0 saturated carbocycles. The third kappa shape index (κ3) is 4.84. The number of alkyl halides is 1. The van der Waals surface area contributed by atoms with Crippen LogP contribution < -0.4 is 5.32 Å². The molecule has 1 N–H and O–H groups in total. The van der Waals surface area contributed by atoms with Crippen molar-refractivity contribution in [3.8, 4) is 0 Å². The van der Waals surface area contributed by atoms with Crippen LogP contribution in [0, 0.1) is 11.3 Å². The van der Waals surface area contributed by atoms with E-state index in [0.717, 1.165) is 19.3 Å². The lowest BCUT2D eigenvalue weighted by atomic mass is 9.88. The van der Waals surface area contributed by atoms with Gasteiger partial charge in [0.15, 0.2) is 0 Å². The second-order valence-electron chi connectivity index (χ2n) is 5.73. The minimum atomic E-state index is -0.251. The van der Waals surface area contributed by atoms with Gasteiger partial charge in [0, 0.05) is 19.0 Å². The molecule has 0 aromatic heterocycles. The third-order valence-electron chi connectivity index (χ3n) is 3.37. The first-order valence-electron chi connectivity index (χ1n) is 6.41. The summed E-state index contributed by atoms with van der Waals surface area (Å²) in [5, 5.41) is 3.00. The summed E-state index contributed by atoms with van der Waals surface area (Å²) in [6.45, 7) is 7.76. The number of carbonyl (C=O) groups excluding carboxylic acids is 1. The maximum Gasteiger partial charge on any atom is 0.249 e. The standard InChI is InChI=1S/C13H24ClNO2/c1-10-5-8-17-11(10)12(16)15-9-13(2,3)6-4-7-14/h10-11H,4-9H2,1-3H3,(H,15,16). The summed E-state index contributed by atoms with van der Waals surface area (Å²) in [5.74, 6) is 1.05. The maximum absolute atomic E-state index is 11.9. The Balaban J connectivity index is 2.31. The van der Waals surface area contributed by atoms with Gasteiger partial charge in [-0.2, -0.15) is 0 Å². The third-order valence-corrected chi connectivity index (χ3v) is 3.64. The molecule has 0 aromatic carbocycles. The normalized spacial score (nSPS) is 24.9. The molecule has 1 rings (SSSR count). The van der Waals surface area contributed by atoms with Crippen LogP contribution in [0.2, 0.25) is 0 Å². The molecule has 2 unspecified atom stereocenters. The lowest BCUT2D eigenvalue weighted by molar-refractivity contribution is -0.131. The number of rotatable bonds is 6. The Hall–Kier alpha value is -0.280. The number of amides is 1. The number of hydrogen-bond donors (Lipinski definition) is 1. The Bertz CT molecular complexity index is 256. The highest BCUT2D eigenvalue weighted by Crippen LogP contribution is 2.23. The highest BCUT2D eigenvalue weighted by Gasteiger charge is 2.31. The van der Waals surface area contributed by atoms with Crippen LogP contribution in [-0.2, 0) is 9.53 Å². The molecular weight excluding hydrogens is 238 g/mol. The molecule has 1 aliphatic rings. The fourth-order valence-corrected chi connectivity index (χ4v) is 2.23. The van der Waals surface area contributed by atoms with Crippen molar-refractivity contribution in [2.24, 2.45) is 11.3 Å². The van der Waals surface area contributed by atoms with Crippen LogP contribution in [0.1, 0.15) is 40.0 Å². The first kappa shape index (κ1) is 14.8. The molecule has 1 amide bonds. The van der Waals surface area contributed by atoms with Crippen LogP contribution in [0.3, 0.4) is 0 Å². The summed E-state index contributed by atoms with van der Waals surface area (Å²) < 4.78 is 5.44. The van der Waals surface area contributed by atoms with Gasteiger partial charge in [0.1, 0.15) is 6.10 Å². The quantitative estimate of drug-likeness (QED) is 0.747. The molecule has 17 heavy (non-hydrogen) atoms. The van der Waals surface area contributed by atoms with Gasteiger partial charge in [-0.3, -0.25) is 4.79 Å². The molecular formula is C13H24ClNO2. The van der Waals surface area contributed by atoms with Gasteiger partial charge in [-0.1, -0.05) is 20.8 Å². The van der Waals surface area contributed by atoms with E-state index in [4.69, 9.17) is 16.3 Å². The second kappa shape index (κ2) is 6.60. The molecule has 1 fully saturated rings. The summed E-state index contributed by atoms with van der Waals surface area (Å²) in [6.07, 6.45) is 2.74. The molecule has 0 aliphatic carbocycles. The lowest BCUT2D eigenvalue weighted by Crippen LogP contribution is -2.41. The number of nitrogens with one attached hydrogen (secondary N) is 1. The van der Waals surface area contributed by atoms with Gasteiger partial charge in [-0.15, -0.1) is 11.6 Å². The molecule has 0 aromatic rings. The minimum absolute atomic E-state index is 0.0361. The van der Waals surface area contributed by atoms with E-state index in [0.29, 0.717) is 24.9 Å². The monoisotopic (exact) mass is 261 g/mol. The highest BCUT2D eigenvalue weighted by molar-refractivity contribution is 6.17. The lowest BCUT2D eigenvalue weighted by Gasteiger charge is -2.26. The van der Waals surface area contributed by atoms with E-state index in [1.807, 2.05) is 0 Å². The van der Waals surface area contributed by atoms with Crippen LogP contribution in [0.5, 0.6) is 0 Å². The van der Waals surface area contributed by atoms with Crippen molar-refractivity contribution in [3.05, 3.63) is 0 Å². The van der Waals surface area contributed by atoms with Gasteiger partial charge in [0.25, 0.3) is 0 Å². The summed E-state index contributed by atoms with van der Waals surface area (Å²) in [7, 11) is 0. The van der Waals surface area contributed by atoms with Gasteiger partial charge in [0.05, 0.1) is 0 Å². The zero-order valence-electron chi connectivity index (χ0n) is 11.1. The Morgan fingerprint density at radius 1 is 1.53 bits per heavy atom. The predicted octanol–water partition coefficient (Wildman–Crippen LogP) is 2.57. The molecule has 4 heteroatoms. The van der Waals surface area contributed by atoms with Crippen molar-refractivity contribution >= 4 is 17.5 Å². The highest BCUT2D eigenvalue weighted by atomic mass is 35.5. The molecule has 1 heterocycles. The Morgan fingerprint density at radius 2 is 2.24 bits per heavy atom. The average molecular weight is 262 g/mol. The molecule has 1 saturated heterocycles. The van der Waals surface area contributed by atoms with Crippen LogP contribution in [0.25, 0.3) is 0 Å². The van der Waals surface area contributed by atoms with Crippen molar-refractivity contribution in [2.45, 2.75) is 46.1 Å². The maximum atomic E-state index is 11.9. The predicted molar refractivity (Wildman–Crippen MR) is 70.3 cm³/mol. The van der Waals surface area contributed by atoms with Gasteiger partial charge in [-0.05, 0) is 30.6 Å². The van der Waals surface area contributed by atoms with Crippen LogP contribution in [-0.4, -0.2) is 31.0 Å². The minimum Gasteiger partial charge on any atom is -0.368 e. The van der Waals surface area contributed by atoms with Crippen LogP contribution in [0.4, 0.5) is 0 Å². The van der Waals surface area contributed by atoms with E-state index in [2.05, 4.69) is 26.1 Å². The fourth-order valence-electron chi connectivity index (χ4n) is 2.09. The van der Waals surface area contributed by atoms with E-state index >= 15 is 0 Å². The van der Waals surface area contributed by atoms with Crippen molar-refractivity contribution in [1.29, 1.82) is 0 Å². The molecule has 0 bridgehead atoms. The average Bonchev–Trinajstić information content (AvgIpc) is 2.70. The SMILES string of the molecule is CC1CCOC1C(=O)NCC(C)(C)CCCCl. The Kier molecular flexibility index (Phi) is 5.74. The molecule has 2 atom stereocenters. The summed E-state index contributed by atoms with van der Waals surface area (Å²) >= 11 is 5.69. The smallest absolute Gasteiger partial charge is 0.249 e. The molecule has 3 nitrogen and oxygen atoms in total. The molecule has 1 aliphatic heterocycles. The van der Waals surface area contributed by atoms with Gasteiger partial charge < -0.3 is 10.1 Å². The number of hydrogen-bond acceptors (Lipinski definition) is 2. The van der Waals surface area contributed by atoms with E-state index in [9.17, 15) is 4.79 Å². The van der Waals surface area contributed by atoms with E-state index < -0.39 is 0 Å². The first-order valence-corrected chi connectivity index (χ1v) is 6.95. The fraction of sp³-hybridized carbons (Fsp3) is 0.923. The van der Waals surface area contributed by atoms with Crippen molar-refractivity contribution < 1.29 is 9.53 Å². The molecule has 100 valence electrons. The number of ether oxygens (including phenoxy) is 1. The Labute approximate surface area is 109 Å². The van der Waals surface area contributed by atoms with E-state index in [1.54, 1.807) is 0 Å². The first-order chi connectivity index (χ1) is 7.96. The molecule has 0 spiro atoms. The number of halogens is 1. The van der Waals surface area contributed by atoms with Gasteiger partial charge >= 0.3 is 0 Å². The van der Waals surface area contributed by atoms with E-state index in [1.165, 1.54) is 0 Å². The largest absolute Gasteiger partial charge is 0.368 e. The van der Waals surface area contributed by atoms with Crippen LogP contribution in [0.15, 0.2) is 0 Å². The van der Waals surface area contributed by atoms with Crippen molar-refractivity contribution in [2.75, 3.05) is 19.0 Å². The zero-order valence-corrected chi connectivity index (χ0v) is 11.8. The summed E-state index contributed by atoms with van der Waals surface area (Å²) in [6, 6.07) is 0. The zero-order chi connectivity index (χ0) is 12.9. The number of carbonyl (C=O) groups is 1. The van der Waals surface area contributed by atoms with E-state index in [-0.39, 0.29) is 17.4 Å². The topological polar surface area (TPSA) is 38.3 Å². The van der Waals surface area contributed by atoms with Gasteiger partial charge in [0.2, 0.25) is 5.91 Å². The Morgan fingerprint density at radius 3 is 2.76 bits per heavy atom. The summed E-state index contributed by atoms with van der Waals surface area (Å²) in [4.78, 5) is 11.9.